The molecular weight excluding hydrogens is 270 g/mol. The molecule has 2 aromatic carbocycles. The van der Waals surface area contributed by atoms with Crippen LogP contribution in [0.2, 0.25) is 0 Å². The monoisotopic (exact) mass is 290 g/mol. The maximum atomic E-state index is 13.8. The summed E-state index contributed by atoms with van der Waals surface area (Å²) in [7, 11) is 5.77. The third-order valence-corrected chi connectivity index (χ3v) is 3.59. The SMILES string of the molecule is CNC(Cc1cccc(F)c1F)c1cccc(N(C)C)c1. The van der Waals surface area contributed by atoms with E-state index in [2.05, 4.69) is 11.4 Å². The van der Waals surface area contributed by atoms with Gasteiger partial charge in [0.2, 0.25) is 0 Å². The average Bonchev–Trinajstić information content (AvgIpc) is 2.49. The van der Waals surface area contributed by atoms with Crippen LogP contribution in [0.3, 0.4) is 0 Å². The summed E-state index contributed by atoms with van der Waals surface area (Å²) >= 11 is 0. The van der Waals surface area contributed by atoms with Crippen molar-refractivity contribution in [2.45, 2.75) is 12.5 Å². The predicted octanol–water partition coefficient (Wildman–Crippen LogP) is 3.53. The average molecular weight is 290 g/mol. The number of rotatable bonds is 5. The fraction of sp³-hybridized carbons (Fsp3) is 0.294. The molecule has 0 spiro atoms. The molecule has 0 aliphatic carbocycles. The Morgan fingerprint density at radius 3 is 2.48 bits per heavy atom. The lowest BCUT2D eigenvalue weighted by atomic mass is 9.98. The molecule has 1 unspecified atom stereocenters. The first kappa shape index (κ1) is 15.4. The number of likely N-dealkylation sites (N-methyl/N-ethyl adjacent to an activating group) is 1. The first-order chi connectivity index (χ1) is 10.0. The first-order valence-corrected chi connectivity index (χ1v) is 6.90. The van der Waals surface area contributed by atoms with E-state index in [4.69, 9.17) is 0 Å². The molecule has 2 rings (SSSR count). The van der Waals surface area contributed by atoms with Crippen LogP contribution in [0.1, 0.15) is 17.2 Å². The largest absolute Gasteiger partial charge is 0.378 e. The maximum Gasteiger partial charge on any atom is 0.162 e. The fourth-order valence-corrected chi connectivity index (χ4v) is 2.33. The molecule has 4 heteroatoms. The molecule has 0 saturated heterocycles. The summed E-state index contributed by atoms with van der Waals surface area (Å²) in [6.07, 6.45) is 0.400. The van der Waals surface area contributed by atoms with E-state index in [0.717, 1.165) is 17.3 Å². The summed E-state index contributed by atoms with van der Waals surface area (Å²) in [6, 6.07) is 12.3. The molecule has 0 bridgehead atoms. The van der Waals surface area contributed by atoms with Crippen molar-refractivity contribution in [3.05, 3.63) is 65.2 Å². The molecule has 1 atom stereocenters. The zero-order valence-corrected chi connectivity index (χ0v) is 12.5. The summed E-state index contributed by atoms with van der Waals surface area (Å²) < 4.78 is 27.1. The van der Waals surface area contributed by atoms with Gasteiger partial charge in [-0.1, -0.05) is 24.3 Å². The van der Waals surface area contributed by atoms with Gasteiger partial charge in [0.15, 0.2) is 11.6 Å². The third kappa shape index (κ3) is 3.58. The highest BCUT2D eigenvalue weighted by atomic mass is 19.2. The van der Waals surface area contributed by atoms with Crippen molar-refractivity contribution >= 4 is 5.69 Å². The second-order valence-electron chi connectivity index (χ2n) is 5.25. The van der Waals surface area contributed by atoms with Gasteiger partial charge in [0, 0.05) is 25.8 Å². The first-order valence-electron chi connectivity index (χ1n) is 6.90. The van der Waals surface area contributed by atoms with Gasteiger partial charge in [0.25, 0.3) is 0 Å². The molecule has 0 aromatic heterocycles. The lowest BCUT2D eigenvalue weighted by molar-refractivity contribution is 0.487. The number of nitrogens with one attached hydrogen (secondary N) is 1. The van der Waals surface area contributed by atoms with E-state index in [9.17, 15) is 8.78 Å². The van der Waals surface area contributed by atoms with E-state index in [1.807, 2.05) is 44.2 Å². The number of benzene rings is 2. The van der Waals surface area contributed by atoms with E-state index in [0.29, 0.717) is 12.0 Å². The molecule has 0 amide bonds. The van der Waals surface area contributed by atoms with E-state index in [1.54, 1.807) is 6.07 Å². The van der Waals surface area contributed by atoms with Gasteiger partial charge < -0.3 is 10.2 Å². The number of hydrogen-bond acceptors (Lipinski definition) is 2. The summed E-state index contributed by atoms with van der Waals surface area (Å²) in [4.78, 5) is 2.01. The number of hydrogen-bond donors (Lipinski definition) is 1. The second-order valence-corrected chi connectivity index (χ2v) is 5.25. The van der Waals surface area contributed by atoms with Crippen molar-refractivity contribution in [3.63, 3.8) is 0 Å². The zero-order valence-electron chi connectivity index (χ0n) is 12.5. The minimum atomic E-state index is -0.801. The van der Waals surface area contributed by atoms with Crippen LogP contribution < -0.4 is 10.2 Å². The second kappa shape index (κ2) is 6.68. The van der Waals surface area contributed by atoms with Gasteiger partial charge in [-0.2, -0.15) is 0 Å². The zero-order chi connectivity index (χ0) is 15.4. The van der Waals surface area contributed by atoms with Gasteiger partial charge in [0.05, 0.1) is 0 Å². The summed E-state index contributed by atoms with van der Waals surface area (Å²) in [5, 5.41) is 3.17. The van der Waals surface area contributed by atoms with Crippen LogP contribution in [0.15, 0.2) is 42.5 Å². The Bertz CT molecular complexity index is 611. The fourth-order valence-electron chi connectivity index (χ4n) is 2.33. The molecule has 0 radical (unpaired) electrons. The highest BCUT2D eigenvalue weighted by Crippen LogP contribution is 2.24. The van der Waals surface area contributed by atoms with Crippen LogP contribution in [-0.4, -0.2) is 21.1 Å². The lowest BCUT2D eigenvalue weighted by Crippen LogP contribution is -2.20. The minimum absolute atomic E-state index is 0.0683. The van der Waals surface area contributed by atoms with Gasteiger partial charge >= 0.3 is 0 Å². The van der Waals surface area contributed by atoms with Crippen molar-refractivity contribution < 1.29 is 8.78 Å². The smallest absolute Gasteiger partial charge is 0.162 e. The Balaban J connectivity index is 2.28. The third-order valence-electron chi connectivity index (χ3n) is 3.59. The van der Waals surface area contributed by atoms with Crippen LogP contribution >= 0.6 is 0 Å². The van der Waals surface area contributed by atoms with Crippen LogP contribution in [0, 0.1) is 11.6 Å². The van der Waals surface area contributed by atoms with E-state index in [1.165, 1.54) is 6.07 Å². The lowest BCUT2D eigenvalue weighted by Gasteiger charge is -2.20. The Morgan fingerprint density at radius 2 is 1.81 bits per heavy atom. The van der Waals surface area contributed by atoms with Crippen LogP contribution in [0.5, 0.6) is 0 Å². The molecule has 2 nitrogen and oxygen atoms in total. The highest BCUT2D eigenvalue weighted by molar-refractivity contribution is 5.48. The predicted molar refractivity (Wildman–Crippen MR) is 82.6 cm³/mol. The molecular formula is C17H20F2N2. The molecule has 2 aromatic rings. The normalized spacial score (nSPS) is 12.2. The van der Waals surface area contributed by atoms with E-state index in [-0.39, 0.29) is 6.04 Å². The van der Waals surface area contributed by atoms with Gasteiger partial charge in [-0.3, -0.25) is 0 Å². The Labute approximate surface area is 124 Å². The summed E-state index contributed by atoms with van der Waals surface area (Å²) in [6.45, 7) is 0. The van der Waals surface area contributed by atoms with Gasteiger partial charge in [-0.25, -0.2) is 8.78 Å². The Kier molecular flexibility index (Phi) is 4.91. The topological polar surface area (TPSA) is 15.3 Å². The summed E-state index contributed by atoms with van der Waals surface area (Å²) in [5.74, 6) is -1.56. The van der Waals surface area contributed by atoms with E-state index < -0.39 is 11.6 Å². The molecule has 1 N–H and O–H groups in total. The highest BCUT2D eigenvalue weighted by Gasteiger charge is 2.15. The molecule has 0 heterocycles. The number of nitrogens with zero attached hydrogens (tertiary/aromatic N) is 1. The molecule has 0 aliphatic rings. The maximum absolute atomic E-state index is 13.8. The van der Waals surface area contributed by atoms with Gasteiger partial charge in [-0.05, 0) is 42.8 Å². The van der Waals surface area contributed by atoms with Gasteiger partial charge in [0.1, 0.15) is 0 Å². The van der Waals surface area contributed by atoms with Crippen LogP contribution in [-0.2, 0) is 6.42 Å². The van der Waals surface area contributed by atoms with E-state index >= 15 is 0 Å². The number of anilines is 1. The van der Waals surface area contributed by atoms with Crippen LogP contribution in [0.4, 0.5) is 14.5 Å². The van der Waals surface area contributed by atoms with Crippen molar-refractivity contribution in [2.75, 3.05) is 26.0 Å². The molecule has 0 fully saturated rings. The Morgan fingerprint density at radius 1 is 1.10 bits per heavy atom. The summed E-state index contributed by atoms with van der Waals surface area (Å²) in [5.41, 5.74) is 2.50. The van der Waals surface area contributed by atoms with Crippen LogP contribution in [0.25, 0.3) is 0 Å². The van der Waals surface area contributed by atoms with Crippen molar-refractivity contribution in [2.24, 2.45) is 0 Å². The minimum Gasteiger partial charge on any atom is -0.378 e. The number of halogens is 2. The van der Waals surface area contributed by atoms with Crippen molar-refractivity contribution in [3.8, 4) is 0 Å². The molecule has 0 saturated carbocycles. The quantitative estimate of drug-likeness (QED) is 0.906. The van der Waals surface area contributed by atoms with Crippen molar-refractivity contribution in [1.29, 1.82) is 0 Å². The standard InChI is InChI=1S/C17H20F2N2/c1-20-16(11-13-7-5-9-15(18)17(13)19)12-6-4-8-14(10-12)21(2)3/h4-10,16,20H,11H2,1-3H3. The van der Waals surface area contributed by atoms with Gasteiger partial charge in [-0.15, -0.1) is 0 Å². The Hall–Kier alpha value is -1.94. The molecule has 0 aliphatic heterocycles. The molecule has 112 valence electrons. The van der Waals surface area contributed by atoms with Crippen molar-refractivity contribution in [1.82, 2.24) is 5.32 Å². The molecule has 21 heavy (non-hydrogen) atoms.